The number of rotatable bonds is 4. The minimum absolute atomic E-state index is 0.0708. The number of fused-ring (bicyclic) bond motifs is 1. The third-order valence-electron chi connectivity index (χ3n) is 5.14. The summed E-state index contributed by atoms with van der Waals surface area (Å²) in [5.74, 6) is -0.310. The lowest BCUT2D eigenvalue weighted by molar-refractivity contribution is -0.140. The van der Waals surface area contributed by atoms with Crippen LogP contribution in [0.5, 0.6) is 0 Å². The van der Waals surface area contributed by atoms with Crippen molar-refractivity contribution in [3.8, 4) is 0 Å². The number of hydrogen-bond acceptors (Lipinski definition) is 5. The van der Waals surface area contributed by atoms with Gasteiger partial charge in [0.25, 0.3) is 11.5 Å². The second-order valence-corrected chi connectivity index (χ2v) is 8.45. The summed E-state index contributed by atoms with van der Waals surface area (Å²) in [5, 5.41) is 0. The Kier molecular flexibility index (Phi) is 6.00. The second-order valence-electron chi connectivity index (χ2n) is 8.45. The van der Waals surface area contributed by atoms with E-state index in [9.17, 15) is 14.4 Å². The first kappa shape index (κ1) is 21.0. The summed E-state index contributed by atoms with van der Waals surface area (Å²) in [5.41, 5.74) is 0.114. The van der Waals surface area contributed by atoms with E-state index in [2.05, 4.69) is 9.97 Å². The third-order valence-corrected chi connectivity index (χ3v) is 5.14. The summed E-state index contributed by atoms with van der Waals surface area (Å²) in [6.07, 6.45) is 3.37. The van der Waals surface area contributed by atoms with Gasteiger partial charge in [0.1, 0.15) is 5.52 Å². The van der Waals surface area contributed by atoms with Gasteiger partial charge in [-0.1, -0.05) is 34.1 Å². The summed E-state index contributed by atoms with van der Waals surface area (Å²) < 4.78 is 1.55. The molecule has 0 spiro atoms. The summed E-state index contributed by atoms with van der Waals surface area (Å²) in [4.78, 5) is 50.6. The molecule has 0 N–H and O–H groups in total. The number of carbonyl (C=O) groups is 2. The van der Waals surface area contributed by atoms with Crippen LogP contribution in [0.2, 0.25) is 0 Å². The monoisotopic (exact) mass is 399 g/mol. The predicted octanol–water partition coefficient (Wildman–Crippen LogP) is 1.92. The van der Waals surface area contributed by atoms with E-state index in [1.165, 1.54) is 0 Å². The van der Waals surface area contributed by atoms with Gasteiger partial charge in [-0.25, -0.2) is 9.97 Å². The van der Waals surface area contributed by atoms with E-state index in [0.29, 0.717) is 43.9 Å². The molecular formula is C21H29N5O3. The summed E-state index contributed by atoms with van der Waals surface area (Å²) in [6.45, 7) is 9.91. The van der Waals surface area contributed by atoms with Crippen molar-refractivity contribution in [1.82, 2.24) is 24.3 Å². The van der Waals surface area contributed by atoms with Crippen LogP contribution in [0.1, 0.15) is 51.0 Å². The van der Waals surface area contributed by atoms with Crippen molar-refractivity contribution >= 4 is 23.0 Å². The van der Waals surface area contributed by atoms with Crippen LogP contribution in [0.3, 0.4) is 0 Å². The van der Waals surface area contributed by atoms with E-state index in [1.807, 2.05) is 27.7 Å². The van der Waals surface area contributed by atoms with Crippen molar-refractivity contribution in [2.24, 2.45) is 5.41 Å². The molecule has 1 aliphatic heterocycles. The van der Waals surface area contributed by atoms with E-state index in [4.69, 9.17) is 0 Å². The SMILES string of the molecule is CCCCn1c(=O)c(C(=O)N2CCN(C(=O)C(C)(C)C)CC2)nc2cccnc21. The summed E-state index contributed by atoms with van der Waals surface area (Å²) in [6, 6.07) is 3.51. The molecule has 0 unspecified atom stereocenters. The fourth-order valence-electron chi connectivity index (χ4n) is 3.48. The average molecular weight is 399 g/mol. The molecule has 3 heterocycles. The minimum Gasteiger partial charge on any atom is -0.339 e. The quantitative estimate of drug-likeness (QED) is 0.784. The highest BCUT2D eigenvalue weighted by Gasteiger charge is 2.32. The molecule has 1 fully saturated rings. The van der Waals surface area contributed by atoms with Crippen molar-refractivity contribution in [2.45, 2.75) is 47.1 Å². The molecule has 0 radical (unpaired) electrons. The molecule has 0 bridgehead atoms. The lowest BCUT2D eigenvalue weighted by Gasteiger charge is -2.37. The summed E-state index contributed by atoms with van der Waals surface area (Å²) in [7, 11) is 0. The van der Waals surface area contributed by atoms with Gasteiger partial charge in [-0.15, -0.1) is 0 Å². The molecule has 2 aromatic heterocycles. The van der Waals surface area contributed by atoms with Crippen molar-refractivity contribution in [1.29, 1.82) is 0 Å². The highest BCUT2D eigenvalue weighted by Crippen LogP contribution is 2.19. The first-order valence-electron chi connectivity index (χ1n) is 10.2. The van der Waals surface area contributed by atoms with Crippen LogP contribution in [0.4, 0.5) is 0 Å². The average Bonchev–Trinajstić information content (AvgIpc) is 2.71. The van der Waals surface area contributed by atoms with Crippen LogP contribution >= 0.6 is 0 Å². The van der Waals surface area contributed by atoms with Crippen molar-refractivity contribution < 1.29 is 9.59 Å². The molecular weight excluding hydrogens is 370 g/mol. The van der Waals surface area contributed by atoms with Crippen molar-refractivity contribution in [2.75, 3.05) is 26.2 Å². The van der Waals surface area contributed by atoms with Gasteiger partial charge in [0.15, 0.2) is 11.3 Å². The van der Waals surface area contributed by atoms with Crippen LogP contribution < -0.4 is 5.56 Å². The Hall–Kier alpha value is -2.77. The zero-order chi connectivity index (χ0) is 21.2. The lowest BCUT2D eigenvalue weighted by atomic mass is 9.94. The Morgan fingerprint density at radius 2 is 1.76 bits per heavy atom. The van der Waals surface area contributed by atoms with Gasteiger partial charge in [-0.2, -0.15) is 0 Å². The molecule has 1 saturated heterocycles. The normalized spacial score (nSPS) is 15.0. The first-order chi connectivity index (χ1) is 13.7. The highest BCUT2D eigenvalue weighted by atomic mass is 16.2. The Labute approximate surface area is 170 Å². The Morgan fingerprint density at radius 3 is 2.38 bits per heavy atom. The van der Waals surface area contributed by atoms with Gasteiger partial charge in [0.05, 0.1) is 0 Å². The maximum absolute atomic E-state index is 13.1. The number of carbonyl (C=O) groups excluding carboxylic acids is 2. The first-order valence-corrected chi connectivity index (χ1v) is 10.2. The van der Waals surface area contributed by atoms with E-state index >= 15 is 0 Å². The lowest BCUT2D eigenvalue weighted by Crippen LogP contribution is -2.53. The molecule has 2 amide bonds. The van der Waals surface area contributed by atoms with Crippen LogP contribution in [0, 0.1) is 5.41 Å². The fraction of sp³-hybridized carbons (Fsp3) is 0.571. The van der Waals surface area contributed by atoms with Crippen molar-refractivity contribution in [3.63, 3.8) is 0 Å². The maximum Gasteiger partial charge on any atom is 0.283 e. The van der Waals surface area contributed by atoms with E-state index in [0.717, 1.165) is 12.8 Å². The topological polar surface area (TPSA) is 88.4 Å². The molecule has 0 atom stereocenters. The number of nitrogens with zero attached hydrogens (tertiary/aromatic N) is 5. The van der Waals surface area contributed by atoms with Crippen LogP contribution in [-0.4, -0.2) is 62.3 Å². The van der Waals surface area contributed by atoms with Crippen LogP contribution in [0.25, 0.3) is 11.2 Å². The fourth-order valence-corrected chi connectivity index (χ4v) is 3.48. The standard InChI is InChI=1S/C21H29N5O3/c1-5-6-10-26-17-15(8-7-9-22-17)23-16(19(26)28)18(27)24-11-13-25(14-12-24)20(29)21(2,3)4/h7-9H,5-6,10-14H2,1-4H3. The van der Waals surface area contributed by atoms with Gasteiger partial charge >= 0.3 is 0 Å². The molecule has 0 saturated carbocycles. The molecule has 0 aliphatic carbocycles. The molecule has 3 rings (SSSR count). The number of hydrogen-bond donors (Lipinski definition) is 0. The molecule has 29 heavy (non-hydrogen) atoms. The largest absolute Gasteiger partial charge is 0.339 e. The summed E-state index contributed by atoms with van der Waals surface area (Å²) >= 11 is 0. The Bertz CT molecular complexity index is 968. The number of amides is 2. The number of unbranched alkanes of at least 4 members (excludes halogenated alkanes) is 1. The van der Waals surface area contributed by atoms with E-state index in [-0.39, 0.29) is 17.5 Å². The van der Waals surface area contributed by atoms with Gasteiger partial charge in [0.2, 0.25) is 5.91 Å². The molecule has 0 aromatic carbocycles. The van der Waals surface area contributed by atoms with Gasteiger partial charge in [0, 0.05) is 44.3 Å². The maximum atomic E-state index is 13.1. The highest BCUT2D eigenvalue weighted by molar-refractivity contribution is 5.93. The van der Waals surface area contributed by atoms with Crippen LogP contribution in [-0.2, 0) is 11.3 Å². The zero-order valence-corrected chi connectivity index (χ0v) is 17.6. The van der Waals surface area contributed by atoms with Gasteiger partial charge in [-0.3, -0.25) is 19.0 Å². The second kappa shape index (κ2) is 8.31. The minimum atomic E-state index is -0.452. The number of aryl methyl sites for hydroxylation is 1. The van der Waals surface area contributed by atoms with Crippen LogP contribution in [0.15, 0.2) is 23.1 Å². The predicted molar refractivity (Wildman–Crippen MR) is 111 cm³/mol. The molecule has 1 aliphatic rings. The number of piperazine rings is 1. The van der Waals surface area contributed by atoms with Crippen molar-refractivity contribution in [3.05, 3.63) is 34.4 Å². The van der Waals surface area contributed by atoms with E-state index < -0.39 is 11.0 Å². The van der Waals surface area contributed by atoms with Gasteiger partial charge < -0.3 is 9.80 Å². The Balaban J connectivity index is 1.86. The Morgan fingerprint density at radius 1 is 1.10 bits per heavy atom. The number of pyridine rings is 1. The number of aromatic nitrogens is 3. The van der Waals surface area contributed by atoms with Gasteiger partial charge in [-0.05, 0) is 18.6 Å². The molecule has 2 aromatic rings. The molecule has 8 heteroatoms. The third kappa shape index (κ3) is 4.31. The van der Waals surface area contributed by atoms with E-state index in [1.54, 1.807) is 32.7 Å². The zero-order valence-electron chi connectivity index (χ0n) is 17.6. The smallest absolute Gasteiger partial charge is 0.283 e. The molecule has 8 nitrogen and oxygen atoms in total. The molecule has 156 valence electrons.